The van der Waals surface area contributed by atoms with Crippen molar-refractivity contribution in [2.45, 2.75) is 119 Å². The van der Waals surface area contributed by atoms with Gasteiger partial charge in [-0.1, -0.05) is 170 Å². The maximum absolute atomic E-state index is 7.13. The fourth-order valence-electron chi connectivity index (χ4n) is 9.57. The molecule has 5 heteroatoms. The number of benzene rings is 6. The third kappa shape index (κ3) is 9.08. The molecule has 0 amide bonds. The van der Waals surface area contributed by atoms with Crippen molar-refractivity contribution >= 4 is 33.2 Å². The van der Waals surface area contributed by atoms with Gasteiger partial charge in [-0.25, -0.2) is 4.98 Å². The van der Waals surface area contributed by atoms with E-state index in [1.165, 1.54) is 61.1 Å². The van der Waals surface area contributed by atoms with E-state index in [0.29, 0.717) is 6.67 Å². The van der Waals surface area contributed by atoms with Crippen molar-refractivity contribution in [3.05, 3.63) is 192 Å². The highest BCUT2D eigenvalue weighted by Gasteiger charge is 2.34. The van der Waals surface area contributed by atoms with Gasteiger partial charge in [-0.05, 0) is 116 Å². The van der Waals surface area contributed by atoms with Crippen LogP contribution in [-0.2, 0) is 21.7 Å². The molecule has 68 heavy (non-hydrogen) atoms. The van der Waals surface area contributed by atoms with Gasteiger partial charge in [0.05, 0.1) is 17.7 Å². The minimum absolute atomic E-state index is 0.00306. The largest absolute Gasteiger partial charge is 0.457 e. The number of anilines is 2. The smallest absolute Gasteiger partial charge is 0.137 e. The molecule has 0 N–H and O–H groups in total. The van der Waals surface area contributed by atoms with Crippen LogP contribution in [0.3, 0.4) is 0 Å². The number of ether oxygens (including phenoxy) is 1. The first-order valence-electron chi connectivity index (χ1n) is 24.4. The summed E-state index contributed by atoms with van der Waals surface area (Å²) in [7, 11) is 0. The average Bonchev–Trinajstić information content (AvgIpc) is 3.89. The number of allylic oxidation sites excluding steroid dienone is 1. The van der Waals surface area contributed by atoms with E-state index in [9.17, 15) is 0 Å². The summed E-state index contributed by atoms with van der Waals surface area (Å²) in [5.74, 6) is 2.46. The van der Waals surface area contributed by atoms with E-state index in [-0.39, 0.29) is 27.1 Å². The second kappa shape index (κ2) is 16.9. The maximum atomic E-state index is 7.13. The molecule has 348 valence electrons. The summed E-state index contributed by atoms with van der Waals surface area (Å²) in [6, 6.07) is 53.4. The Kier molecular flexibility index (Phi) is 11.5. The quantitative estimate of drug-likeness (QED) is 0.152. The lowest BCUT2D eigenvalue weighted by atomic mass is 9.78. The van der Waals surface area contributed by atoms with E-state index in [0.717, 1.165) is 34.0 Å². The Labute approximate surface area is 406 Å². The second-order valence-corrected chi connectivity index (χ2v) is 23.6. The Balaban J connectivity index is 1.18. The van der Waals surface area contributed by atoms with Crippen molar-refractivity contribution in [2.75, 3.05) is 16.5 Å². The topological polar surface area (TPSA) is 33.5 Å². The van der Waals surface area contributed by atoms with Gasteiger partial charge in [-0.2, -0.15) is 0 Å². The van der Waals surface area contributed by atoms with Crippen LogP contribution >= 0.6 is 0 Å². The van der Waals surface area contributed by atoms with E-state index in [2.05, 4.69) is 263 Å². The number of aromatic nitrogens is 2. The van der Waals surface area contributed by atoms with E-state index in [1.807, 2.05) is 6.20 Å². The minimum atomic E-state index is -0.318. The molecule has 1 aliphatic rings. The van der Waals surface area contributed by atoms with Crippen LogP contribution in [0, 0.1) is 5.41 Å². The first-order chi connectivity index (χ1) is 31.9. The lowest BCUT2D eigenvalue weighted by molar-refractivity contribution is 0.480. The SMILES string of the molecule is CC(C)(C)C1=CN(c2cc(Oc3ccc4c5cc(C(C)(C)C)ccc5n(-c5cc(C(C)(C)C)ccn5)c4c3)cc(C(C)(C)c3ccccc3)c2)CN1c1cc(-c2ccccc2)cc(C(C)(C)C)c1. The summed E-state index contributed by atoms with van der Waals surface area (Å²) in [4.78, 5) is 9.92. The van der Waals surface area contributed by atoms with Crippen LogP contribution in [0.5, 0.6) is 11.5 Å². The highest BCUT2D eigenvalue weighted by atomic mass is 16.5. The maximum Gasteiger partial charge on any atom is 0.137 e. The van der Waals surface area contributed by atoms with Crippen LogP contribution < -0.4 is 14.5 Å². The highest BCUT2D eigenvalue weighted by molar-refractivity contribution is 6.09. The van der Waals surface area contributed by atoms with Crippen LogP contribution in [0.25, 0.3) is 38.8 Å². The van der Waals surface area contributed by atoms with Crippen molar-refractivity contribution in [1.29, 1.82) is 0 Å². The lowest BCUT2D eigenvalue weighted by Gasteiger charge is -2.33. The van der Waals surface area contributed by atoms with Crippen molar-refractivity contribution < 1.29 is 4.74 Å². The molecule has 1 aliphatic heterocycles. The van der Waals surface area contributed by atoms with Crippen molar-refractivity contribution in [1.82, 2.24) is 9.55 Å². The zero-order chi connectivity index (χ0) is 48.6. The molecular formula is C63H70N4O. The average molecular weight is 899 g/mol. The molecule has 8 aromatic rings. The molecule has 0 saturated heterocycles. The molecule has 0 atom stereocenters. The first-order valence-corrected chi connectivity index (χ1v) is 24.4. The summed E-state index contributed by atoms with van der Waals surface area (Å²) in [5, 5.41) is 2.38. The normalized spacial score (nSPS) is 14.0. The van der Waals surface area contributed by atoms with Crippen molar-refractivity contribution in [3.8, 4) is 28.4 Å². The molecule has 0 radical (unpaired) electrons. The Morgan fingerprint density at radius 1 is 0.441 bits per heavy atom. The molecule has 9 rings (SSSR count). The molecule has 0 aliphatic carbocycles. The lowest BCUT2D eigenvalue weighted by Crippen LogP contribution is -2.31. The Morgan fingerprint density at radius 2 is 1.09 bits per heavy atom. The molecular weight excluding hydrogens is 829 g/mol. The number of fused-ring (bicyclic) bond motifs is 3. The van der Waals surface area contributed by atoms with Gasteiger partial charge in [0.1, 0.15) is 17.3 Å². The Hall–Kier alpha value is -6.59. The van der Waals surface area contributed by atoms with Gasteiger partial charge >= 0.3 is 0 Å². The van der Waals surface area contributed by atoms with Gasteiger partial charge in [0.2, 0.25) is 0 Å². The molecule has 5 nitrogen and oxygen atoms in total. The van der Waals surface area contributed by atoms with Crippen LogP contribution in [0.15, 0.2) is 164 Å². The first kappa shape index (κ1) is 46.5. The van der Waals surface area contributed by atoms with Crippen molar-refractivity contribution in [3.63, 3.8) is 0 Å². The fourth-order valence-corrected chi connectivity index (χ4v) is 9.57. The monoisotopic (exact) mass is 899 g/mol. The van der Waals surface area contributed by atoms with Crippen LogP contribution in [-0.4, -0.2) is 16.2 Å². The molecule has 6 aromatic carbocycles. The zero-order valence-corrected chi connectivity index (χ0v) is 42.9. The molecule has 0 bridgehead atoms. The number of hydrogen-bond acceptors (Lipinski definition) is 4. The molecule has 0 unspecified atom stereocenters. The Bertz CT molecular complexity index is 3180. The van der Waals surface area contributed by atoms with Gasteiger partial charge in [-0.3, -0.25) is 4.57 Å². The molecule has 0 saturated carbocycles. The van der Waals surface area contributed by atoms with Crippen LogP contribution in [0.4, 0.5) is 11.4 Å². The van der Waals surface area contributed by atoms with Crippen LogP contribution in [0.2, 0.25) is 0 Å². The van der Waals surface area contributed by atoms with Crippen LogP contribution in [0.1, 0.15) is 125 Å². The number of pyridine rings is 1. The predicted molar refractivity (Wildman–Crippen MR) is 289 cm³/mol. The summed E-state index contributed by atoms with van der Waals surface area (Å²) in [5.41, 5.74) is 13.9. The van der Waals surface area contributed by atoms with Gasteiger partial charge in [0, 0.05) is 63.2 Å². The summed E-state index contributed by atoms with van der Waals surface area (Å²) in [6.45, 7) is 32.8. The van der Waals surface area contributed by atoms with E-state index in [1.54, 1.807) is 0 Å². The number of nitrogens with zero attached hydrogens (tertiary/aromatic N) is 4. The standard InChI is InChI=1S/C63H70N4O/c1-59(2,3)45-25-28-55-54(36-45)53-27-26-51(39-56(53)67(55)58-37-46(29-30-64-58)60(4,5)6)68-52-35-48(63(13,14)44-23-19-16-20-24-44)34-49(38-52)65-40-57(62(10,11)12)66(41-65)50-32-43(42-21-17-15-18-22-42)31-47(33-50)61(7,8)9/h15-40H,41H2,1-14H3. The van der Waals surface area contributed by atoms with Gasteiger partial charge in [-0.15, -0.1) is 0 Å². The summed E-state index contributed by atoms with van der Waals surface area (Å²) in [6.07, 6.45) is 4.31. The third-order valence-corrected chi connectivity index (χ3v) is 14.0. The molecule has 3 heterocycles. The predicted octanol–water partition coefficient (Wildman–Crippen LogP) is 17.0. The third-order valence-electron chi connectivity index (χ3n) is 14.0. The summed E-state index contributed by atoms with van der Waals surface area (Å²) >= 11 is 0. The van der Waals surface area contributed by atoms with Crippen molar-refractivity contribution in [2.24, 2.45) is 5.41 Å². The number of rotatable bonds is 8. The minimum Gasteiger partial charge on any atom is -0.457 e. The number of hydrogen-bond donors (Lipinski definition) is 0. The van der Waals surface area contributed by atoms with Gasteiger partial charge in [0.15, 0.2) is 0 Å². The van der Waals surface area contributed by atoms with E-state index >= 15 is 0 Å². The molecule has 0 spiro atoms. The summed E-state index contributed by atoms with van der Waals surface area (Å²) < 4.78 is 9.44. The molecule has 2 aromatic heterocycles. The Morgan fingerprint density at radius 3 is 1.75 bits per heavy atom. The van der Waals surface area contributed by atoms with Gasteiger partial charge in [0.25, 0.3) is 0 Å². The fraction of sp³-hybridized carbons (Fsp3) is 0.317. The van der Waals surface area contributed by atoms with Gasteiger partial charge < -0.3 is 14.5 Å². The molecule has 0 fully saturated rings. The zero-order valence-electron chi connectivity index (χ0n) is 42.9. The second-order valence-electron chi connectivity index (χ2n) is 23.6. The van der Waals surface area contributed by atoms with E-state index < -0.39 is 0 Å². The van der Waals surface area contributed by atoms with E-state index in [4.69, 9.17) is 9.72 Å². The highest BCUT2D eigenvalue weighted by Crippen LogP contribution is 2.45.